The summed E-state index contributed by atoms with van der Waals surface area (Å²) in [5.74, 6) is 0.893. The third-order valence-corrected chi connectivity index (χ3v) is 4.50. The molecule has 1 N–H and O–H groups in total. The predicted octanol–water partition coefficient (Wildman–Crippen LogP) is 2.35. The number of alkyl halides is 1. The zero-order valence-electron chi connectivity index (χ0n) is 15.0. The Bertz CT molecular complexity index is 736. The molecule has 0 radical (unpaired) electrons. The average Bonchev–Trinajstić information content (AvgIpc) is 3.33. The Labute approximate surface area is 157 Å². The quantitative estimate of drug-likeness (QED) is 0.770. The van der Waals surface area contributed by atoms with Gasteiger partial charge in [-0.2, -0.15) is 0 Å². The Hall–Kier alpha value is -2.83. The van der Waals surface area contributed by atoms with Crippen molar-refractivity contribution >= 4 is 11.8 Å². The van der Waals surface area contributed by atoms with Gasteiger partial charge in [-0.3, -0.25) is 9.59 Å². The van der Waals surface area contributed by atoms with E-state index >= 15 is 0 Å². The maximum atomic E-state index is 13.8. The monoisotopic (exact) mass is 374 g/mol. The van der Waals surface area contributed by atoms with E-state index in [1.165, 1.54) is 4.90 Å². The minimum absolute atomic E-state index is 0.0675. The van der Waals surface area contributed by atoms with Crippen molar-refractivity contribution in [3.05, 3.63) is 54.5 Å². The van der Waals surface area contributed by atoms with Gasteiger partial charge in [0, 0.05) is 25.8 Å². The molecule has 0 spiro atoms. The topological polar surface area (TPSA) is 71.8 Å². The molecule has 3 rings (SSSR count). The Kier molecular flexibility index (Phi) is 6.46. The lowest BCUT2D eigenvalue weighted by Crippen LogP contribution is -2.44. The molecule has 0 unspecified atom stereocenters. The number of hydrogen-bond donors (Lipinski definition) is 1. The number of ether oxygens (including phenoxy) is 1. The van der Waals surface area contributed by atoms with E-state index in [-0.39, 0.29) is 50.4 Å². The zero-order valence-corrected chi connectivity index (χ0v) is 15.0. The predicted molar refractivity (Wildman–Crippen MR) is 97.0 cm³/mol. The normalized spacial score (nSPS) is 19.1. The molecule has 0 saturated carbocycles. The van der Waals surface area contributed by atoms with Crippen molar-refractivity contribution in [1.82, 2.24) is 10.2 Å². The molecule has 27 heavy (non-hydrogen) atoms. The summed E-state index contributed by atoms with van der Waals surface area (Å²) < 4.78 is 24.4. The minimum Gasteiger partial charge on any atom is -0.484 e. The lowest BCUT2D eigenvalue weighted by Gasteiger charge is -2.24. The first kappa shape index (κ1) is 18.9. The van der Waals surface area contributed by atoms with Gasteiger partial charge in [0.25, 0.3) is 5.91 Å². The molecule has 2 heterocycles. The summed E-state index contributed by atoms with van der Waals surface area (Å²) in [7, 11) is 0. The minimum atomic E-state index is -1.07. The highest BCUT2D eigenvalue weighted by atomic mass is 19.1. The van der Waals surface area contributed by atoms with Crippen molar-refractivity contribution in [2.75, 3.05) is 19.7 Å². The van der Waals surface area contributed by atoms with E-state index in [1.54, 1.807) is 30.5 Å². The summed E-state index contributed by atoms with van der Waals surface area (Å²) in [4.78, 5) is 25.9. The number of hydrogen-bond acceptors (Lipinski definition) is 4. The van der Waals surface area contributed by atoms with Crippen LogP contribution < -0.4 is 10.1 Å². The van der Waals surface area contributed by atoms with Gasteiger partial charge in [-0.05, 0) is 24.3 Å². The van der Waals surface area contributed by atoms with Crippen LogP contribution in [-0.4, -0.2) is 48.6 Å². The molecule has 1 aliphatic rings. The number of carbonyl (C=O) groups excluding carboxylic acids is 2. The molecule has 1 fully saturated rings. The summed E-state index contributed by atoms with van der Waals surface area (Å²) >= 11 is 0. The lowest BCUT2D eigenvalue weighted by atomic mass is 10.2. The average molecular weight is 374 g/mol. The number of furan rings is 1. The number of nitrogens with one attached hydrogen (secondary N) is 1. The molecule has 0 aliphatic carbocycles. The van der Waals surface area contributed by atoms with Crippen molar-refractivity contribution in [3.8, 4) is 5.75 Å². The summed E-state index contributed by atoms with van der Waals surface area (Å²) in [6, 6.07) is 12.2. The van der Waals surface area contributed by atoms with Gasteiger partial charge in [0.15, 0.2) is 6.61 Å². The number of amides is 2. The molecule has 1 saturated heterocycles. The van der Waals surface area contributed by atoms with Crippen LogP contribution in [0.1, 0.15) is 18.6 Å². The highest BCUT2D eigenvalue weighted by Gasteiger charge is 2.35. The van der Waals surface area contributed by atoms with Gasteiger partial charge in [0.05, 0.1) is 18.8 Å². The van der Waals surface area contributed by atoms with Gasteiger partial charge in [0.2, 0.25) is 5.91 Å². The first-order valence-electron chi connectivity index (χ1n) is 9.02. The van der Waals surface area contributed by atoms with Crippen LogP contribution in [0.15, 0.2) is 53.1 Å². The van der Waals surface area contributed by atoms with Crippen molar-refractivity contribution in [1.29, 1.82) is 0 Å². The number of para-hydroxylation sites is 1. The van der Waals surface area contributed by atoms with Crippen molar-refractivity contribution in [2.45, 2.75) is 31.5 Å². The second-order valence-electron chi connectivity index (χ2n) is 6.52. The third-order valence-electron chi connectivity index (χ3n) is 4.50. The summed E-state index contributed by atoms with van der Waals surface area (Å²) in [5, 5.41) is 2.73. The van der Waals surface area contributed by atoms with Gasteiger partial charge in [-0.15, -0.1) is 0 Å². The highest BCUT2D eigenvalue weighted by Crippen LogP contribution is 2.21. The molecule has 144 valence electrons. The largest absolute Gasteiger partial charge is 0.484 e. The summed E-state index contributed by atoms with van der Waals surface area (Å²) in [5.41, 5.74) is 0. The van der Waals surface area contributed by atoms with Gasteiger partial charge >= 0.3 is 0 Å². The lowest BCUT2D eigenvalue weighted by molar-refractivity contribution is -0.133. The maximum absolute atomic E-state index is 13.8. The van der Waals surface area contributed by atoms with E-state index in [9.17, 15) is 14.0 Å². The molecule has 2 amide bonds. The van der Waals surface area contributed by atoms with Crippen LogP contribution in [0, 0.1) is 0 Å². The molecule has 2 atom stereocenters. The van der Waals surface area contributed by atoms with E-state index < -0.39 is 6.17 Å². The fraction of sp³-hybridized carbons (Fsp3) is 0.400. The molecule has 1 aliphatic heterocycles. The highest BCUT2D eigenvalue weighted by molar-refractivity contribution is 5.78. The van der Waals surface area contributed by atoms with Crippen LogP contribution in [0.2, 0.25) is 0 Å². The Balaban J connectivity index is 1.44. The molecule has 7 heteroatoms. The van der Waals surface area contributed by atoms with Crippen molar-refractivity contribution < 1.29 is 23.1 Å². The van der Waals surface area contributed by atoms with E-state index in [0.29, 0.717) is 12.2 Å². The first-order valence-corrected chi connectivity index (χ1v) is 9.02. The molecule has 2 aromatic rings. The number of likely N-dealkylation sites (tertiary alicyclic amines) is 1. The summed E-state index contributed by atoms with van der Waals surface area (Å²) in [6.45, 7) is 0.157. The van der Waals surface area contributed by atoms with E-state index in [4.69, 9.17) is 9.15 Å². The fourth-order valence-electron chi connectivity index (χ4n) is 3.14. The molecule has 1 aromatic heterocycles. The molecular formula is C20H23FN2O4. The Morgan fingerprint density at radius 3 is 2.78 bits per heavy atom. The van der Waals surface area contributed by atoms with Gasteiger partial charge < -0.3 is 19.4 Å². The first-order chi connectivity index (χ1) is 13.1. The molecule has 1 aromatic carbocycles. The number of halogens is 1. The Morgan fingerprint density at radius 2 is 2.04 bits per heavy atom. The molecular weight excluding hydrogens is 351 g/mol. The number of aryl methyl sites for hydroxylation is 1. The second kappa shape index (κ2) is 9.21. The third kappa shape index (κ3) is 5.57. The zero-order chi connectivity index (χ0) is 19.1. The Morgan fingerprint density at radius 1 is 1.22 bits per heavy atom. The second-order valence-corrected chi connectivity index (χ2v) is 6.52. The standard InChI is InChI=1S/C20H23FN2O4/c21-15-11-16(12-22-19(24)14-27-17-5-2-1-3-6-17)23(13-15)20(25)9-8-18-7-4-10-26-18/h1-7,10,15-16H,8-9,11-14H2,(H,22,24)/t15-,16-/m0/s1. The van der Waals surface area contributed by atoms with Crippen molar-refractivity contribution in [3.63, 3.8) is 0 Å². The van der Waals surface area contributed by atoms with Gasteiger partial charge in [0.1, 0.15) is 17.7 Å². The number of rotatable bonds is 8. The van der Waals surface area contributed by atoms with E-state index in [1.807, 2.05) is 18.2 Å². The SMILES string of the molecule is O=C(COc1ccccc1)NC[C@@H]1C[C@H](F)CN1C(=O)CCc1ccco1. The smallest absolute Gasteiger partial charge is 0.258 e. The van der Waals surface area contributed by atoms with E-state index in [2.05, 4.69) is 5.32 Å². The van der Waals surface area contributed by atoms with Crippen LogP contribution in [0.4, 0.5) is 4.39 Å². The van der Waals surface area contributed by atoms with Gasteiger partial charge in [-0.1, -0.05) is 18.2 Å². The van der Waals surface area contributed by atoms with Crippen LogP contribution in [-0.2, 0) is 16.0 Å². The molecule has 0 bridgehead atoms. The fourth-order valence-corrected chi connectivity index (χ4v) is 3.14. The molecule has 6 nitrogen and oxygen atoms in total. The van der Waals surface area contributed by atoms with Crippen LogP contribution in [0.3, 0.4) is 0 Å². The summed E-state index contributed by atoms with van der Waals surface area (Å²) in [6.07, 6.45) is 1.44. The number of nitrogens with zero attached hydrogens (tertiary/aromatic N) is 1. The van der Waals surface area contributed by atoms with Gasteiger partial charge in [-0.25, -0.2) is 4.39 Å². The van der Waals surface area contributed by atoms with E-state index in [0.717, 1.165) is 5.76 Å². The number of carbonyl (C=O) groups is 2. The van der Waals surface area contributed by atoms with Crippen molar-refractivity contribution in [2.24, 2.45) is 0 Å². The van der Waals surface area contributed by atoms with Crippen LogP contribution in [0.25, 0.3) is 0 Å². The maximum Gasteiger partial charge on any atom is 0.258 e. The number of benzene rings is 1. The van der Waals surface area contributed by atoms with Crippen LogP contribution >= 0.6 is 0 Å². The van der Waals surface area contributed by atoms with Crippen LogP contribution in [0.5, 0.6) is 5.75 Å².